The molecule has 0 bridgehead atoms. The first kappa shape index (κ1) is 31.8. The Morgan fingerprint density at radius 3 is 1.76 bits per heavy atom. The van der Waals surface area contributed by atoms with Crippen LogP contribution in [-0.2, 0) is 10.8 Å². The highest BCUT2D eigenvalue weighted by Crippen LogP contribution is 2.54. The molecular weight excluding hydrogens is 667 g/mol. The van der Waals surface area contributed by atoms with E-state index in [4.69, 9.17) is 4.42 Å². The van der Waals surface area contributed by atoms with E-state index in [1.54, 1.807) is 0 Å². The van der Waals surface area contributed by atoms with Crippen molar-refractivity contribution in [2.24, 2.45) is 0 Å². The van der Waals surface area contributed by atoms with E-state index in [2.05, 4.69) is 208 Å². The number of para-hydroxylation sites is 1. The zero-order valence-electron chi connectivity index (χ0n) is 31.2. The van der Waals surface area contributed by atoms with Crippen molar-refractivity contribution >= 4 is 39.0 Å². The Morgan fingerprint density at radius 2 is 1.02 bits per heavy atom. The van der Waals surface area contributed by atoms with E-state index in [0.29, 0.717) is 0 Å². The van der Waals surface area contributed by atoms with Gasteiger partial charge < -0.3 is 9.32 Å². The standard InChI is InChI=1S/C53H39NO/c1-52(2)45-23-10-7-19-39(45)42-29-28-38(33-48(42)52)54(37-18-13-17-35(31-37)34-15-5-4-6-16-34)49-26-14-22-43-44-32-36(27-30-50(44)55-51(43)49)53(3)46-24-11-8-20-40(46)41-21-9-12-25-47(41)53/h4-33H,1-3H3. The van der Waals surface area contributed by atoms with Crippen molar-refractivity contribution in [3.8, 4) is 33.4 Å². The van der Waals surface area contributed by atoms with Crippen LogP contribution in [0.4, 0.5) is 17.1 Å². The van der Waals surface area contributed by atoms with Gasteiger partial charge in [0.05, 0.1) is 5.69 Å². The van der Waals surface area contributed by atoms with Gasteiger partial charge in [0.25, 0.3) is 0 Å². The molecule has 0 fully saturated rings. The maximum Gasteiger partial charge on any atom is 0.159 e. The van der Waals surface area contributed by atoms with Crippen molar-refractivity contribution in [1.29, 1.82) is 0 Å². The summed E-state index contributed by atoms with van der Waals surface area (Å²) < 4.78 is 6.95. The SMILES string of the molecule is CC1(C)c2ccccc2-c2ccc(N(c3cccc(-c4ccccc4)c3)c3cccc4c3oc3ccc(C5(C)c6ccccc6-c6ccccc65)cc34)cc21. The van der Waals surface area contributed by atoms with Gasteiger partial charge in [-0.2, -0.15) is 0 Å². The second-order valence-corrected chi connectivity index (χ2v) is 15.8. The van der Waals surface area contributed by atoms with Crippen LogP contribution in [0.3, 0.4) is 0 Å². The third-order valence-electron chi connectivity index (χ3n) is 12.6. The maximum absolute atomic E-state index is 6.95. The Morgan fingerprint density at radius 1 is 0.418 bits per heavy atom. The van der Waals surface area contributed by atoms with E-state index in [9.17, 15) is 0 Å². The van der Waals surface area contributed by atoms with Crippen LogP contribution >= 0.6 is 0 Å². The molecule has 0 spiro atoms. The van der Waals surface area contributed by atoms with Crippen LogP contribution in [0.2, 0.25) is 0 Å². The number of hydrogen-bond donors (Lipinski definition) is 0. The highest BCUT2D eigenvalue weighted by Gasteiger charge is 2.41. The van der Waals surface area contributed by atoms with Crippen molar-refractivity contribution < 1.29 is 4.42 Å². The van der Waals surface area contributed by atoms with Gasteiger partial charge in [0.1, 0.15) is 5.58 Å². The summed E-state index contributed by atoms with van der Waals surface area (Å²) in [6, 6.07) is 66.5. The van der Waals surface area contributed by atoms with Crippen molar-refractivity contribution in [3.05, 3.63) is 210 Å². The number of benzene rings is 8. The first-order valence-electron chi connectivity index (χ1n) is 19.3. The minimum absolute atomic E-state index is 0.130. The quantitative estimate of drug-likeness (QED) is 0.177. The van der Waals surface area contributed by atoms with Crippen molar-refractivity contribution in [2.45, 2.75) is 31.6 Å². The molecule has 2 heteroatoms. The number of nitrogens with zero attached hydrogens (tertiary/aromatic N) is 1. The van der Waals surface area contributed by atoms with Crippen molar-refractivity contribution in [3.63, 3.8) is 0 Å². The molecule has 0 N–H and O–H groups in total. The van der Waals surface area contributed by atoms with Crippen LogP contribution in [0.25, 0.3) is 55.3 Å². The first-order valence-corrected chi connectivity index (χ1v) is 19.3. The fourth-order valence-corrected chi connectivity index (χ4v) is 9.75. The number of hydrogen-bond acceptors (Lipinski definition) is 2. The molecule has 2 aliphatic rings. The lowest BCUT2D eigenvalue weighted by Gasteiger charge is -2.28. The van der Waals surface area contributed by atoms with Gasteiger partial charge in [-0.05, 0) is 111 Å². The second-order valence-electron chi connectivity index (χ2n) is 15.8. The summed E-state index contributed by atoms with van der Waals surface area (Å²) in [5.41, 5.74) is 18.8. The van der Waals surface area contributed by atoms with Crippen LogP contribution in [0.15, 0.2) is 186 Å². The van der Waals surface area contributed by atoms with Crippen LogP contribution in [0.1, 0.15) is 48.6 Å². The Kier molecular flexibility index (Phi) is 6.76. The average molecular weight is 706 g/mol. The average Bonchev–Trinajstić information content (AvgIpc) is 3.82. The maximum atomic E-state index is 6.95. The zero-order chi connectivity index (χ0) is 36.9. The lowest BCUT2D eigenvalue weighted by atomic mass is 9.74. The van der Waals surface area contributed by atoms with E-state index in [0.717, 1.165) is 39.0 Å². The van der Waals surface area contributed by atoms with Crippen LogP contribution in [0.5, 0.6) is 0 Å². The molecule has 2 nitrogen and oxygen atoms in total. The molecule has 0 amide bonds. The van der Waals surface area contributed by atoms with Gasteiger partial charge in [0.15, 0.2) is 5.58 Å². The molecule has 55 heavy (non-hydrogen) atoms. The Labute approximate surface area is 322 Å². The third-order valence-corrected chi connectivity index (χ3v) is 12.6. The minimum Gasteiger partial charge on any atom is -0.454 e. The molecule has 262 valence electrons. The topological polar surface area (TPSA) is 16.4 Å². The molecule has 0 saturated carbocycles. The summed E-state index contributed by atoms with van der Waals surface area (Å²) in [5.74, 6) is 0. The Balaban J connectivity index is 1.12. The summed E-state index contributed by atoms with van der Waals surface area (Å²) in [6.07, 6.45) is 0. The summed E-state index contributed by atoms with van der Waals surface area (Å²) in [4.78, 5) is 2.39. The molecule has 11 rings (SSSR count). The van der Waals surface area contributed by atoms with Crippen molar-refractivity contribution in [2.75, 3.05) is 4.90 Å². The fraction of sp³-hybridized carbons (Fsp3) is 0.0943. The number of anilines is 3. The van der Waals surface area contributed by atoms with E-state index >= 15 is 0 Å². The predicted molar refractivity (Wildman–Crippen MR) is 229 cm³/mol. The van der Waals surface area contributed by atoms with Crippen molar-refractivity contribution in [1.82, 2.24) is 0 Å². The van der Waals surface area contributed by atoms with Gasteiger partial charge in [0, 0.05) is 33.0 Å². The van der Waals surface area contributed by atoms with Crippen LogP contribution in [0, 0.1) is 0 Å². The first-order chi connectivity index (χ1) is 26.9. The van der Waals surface area contributed by atoms with Gasteiger partial charge in [-0.25, -0.2) is 0 Å². The Bertz CT molecular complexity index is 2940. The molecule has 9 aromatic rings. The van der Waals surface area contributed by atoms with Crippen LogP contribution in [-0.4, -0.2) is 0 Å². The molecule has 2 aliphatic carbocycles. The zero-order valence-corrected chi connectivity index (χ0v) is 31.2. The third kappa shape index (κ3) is 4.55. The molecule has 0 radical (unpaired) electrons. The van der Waals surface area contributed by atoms with E-state index < -0.39 is 0 Å². The fourth-order valence-electron chi connectivity index (χ4n) is 9.75. The van der Waals surface area contributed by atoms with Gasteiger partial charge in [-0.3, -0.25) is 0 Å². The van der Waals surface area contributed by atoms with Gasteiger partial charge in [-0.1, -0.05) is 153 Å². The summed E-state index contributed by atoms with van der Waals surface area (Å²) in [7, 11) is 0. The lowest BCUT2D eigenvalue weighted by molar-refractivity contribution is 0.660. The molecule has 1 aromatic heterocycles. The van der Waals surface area contributed by atoms with E-state index in [1.165, 1.54) is 61.2 Å². The molecule has 1 heterocycles. The Hall–Kier alpha value is -6.64. The summed E-state index contributed by atoms with van der Waals surface area (Å²) in [6.45, 7) is 7.07. The van der Waals surface area contributed by atoms with Gasteiger partial charge in [-0.15, -0.1) is 0 Å². The highest BCUT2D eigenvalue weighted by atomic mass is 16.3. The monoisotopic (exact) mass is 705 g/mol. The lowest BCUT2D eigenvalue weighted by Crippen LogP contribution is -2.22. The summed E-state index contributed by atoms with van der Waals surface area (Å²) >= 11 is 0. The highest BCUT2D eigenvalue weighted by molar-refractivity contribution is 6.11. The minimum atomic E-state index is -0.290. The van der Waals surface area contributed by atoms with Gasteiger partial charge >= 0.3 is 0 Å². The summed E-state index contributed by atoms with van der Waals surface area (Å²) in [5, 5.41) is 2.23. The molecule has 8 aromatic carbocycles. The number of rotatable bonds is 5. The smallest absolute Gasteiger partial charge is 0.159 e. The predicted octanol–water partition coefficient (Wildman–Crippen LogP) is 14.4. The molecule has 0 atom stereocenters. The van der Waals surface area contributed by atoms with E-state index in [1.807, 2.05) is 0 Å². The normalized spacial score (nSPS) is 14.4. The molecule has 0 unspecified atom stereocenters. The van der Waals surface area contributed by atoms with E-state index in [-0.39, 0.29) is 10.8 Å². The second kappa shape index (κ2) is 11.7. The molecule has 0 aliphatic heterocycles. The molecular formula is C53H39NO. The van der Waals surface area contributed by atoms with Gasteiger partial charge in [0.2, 0.25) is 0 Å². The number of fused-ring (bicyclic) bond motifs is 9. The molecule has 0 saturated heterocycles. The number of furan rings is 1. The van der Waals surface area contributed by atoms with Crippen LogP contribution < -0.4 is 4.90 Å². The largest absolute Gasteiger partial charge is 0.454 e.